The fraction of sp³-hybridized carbons (Fsp3) is 0.579. The number of benzene rings is 1. The number of carbonyl (C=O) groups excluding carboxylic acids is 2. The molecule has 1 saturated heterocycles. The molecule has 5 nitrogen and oxygen atoms in total. The van der Waals surface area contributed by atoms with Crippen LogP contribution in [0.15, 0.2) is 24.3 Å². The molecule has 0 aromatic heterocycles. The summed E-state index contributed by atoms with van der Waals surface area (Å²) in [5, 5.41) is 9.39. The molecular weight excluding hydrogens is 338 g/mol. The molecule has 0 aliphatic carbocycles. The molecule has 3 unspecified atom stereocenters. The number of amides is 2. The van der Waals surface area contributed by atoms with E-state index in [0.29, 0.717) is 11.6 Å². The van der Waals surface area contributed by atoms with Gasteiger partial charge in [0, 0.05) is 17.6 Å². The highest BCUT2D eigenvalue weighted by molar-refractivity contribution is 5.98. The first-order valence-corrected chi connectivity index (χ1v) is 8.78. The second-order valence-electron chi connectivity index (χ2n) is 7.10. The lowest BCUT2D eigenvalue weighted by Crippen LogP contribution is -2.54. The van der Waals surface area contributed by atoms with Crippen LogP contribution in [0.3, 0.4) is 0 Å². The smallest absolute Gasteiger partial charge is 0.252 e. The predicted octanol–water partition coefficient (Wildman–Crippen LogP) is 2.43. The molecule has 1 aromatic carbocycles. The highest BCUT2D eigenvalue weighted by Gasteiger charge is 2.28. The summed E-state index contributed by atoms with van der Waals surface area (Å²) in [5.41, 5.74) is 1.52. The maximum absolute atomic E-state index is 12.7. The van der Waals surface area contributed by atoms with Crippen LogP contribution in [-0.4, -0.2) is 36.5 Å². The molecule has 6 heteroatoms. The lowest BCUT2D eigenvalue weighted by atomic mass is 9.98. The van der Waals surface area contributed by atoms with Crippen molar-refractivity contribution in [1.29, 1.82) is 0 Å². The molecule has 2 rings (SSSR count). The standard InChI is InChI=1S/C19H29N3O2.ClH/c1-12(2)17(19(24)21-15-9-10-20-14(4)11-15)22-18(23)16-8-6-5-7-13(16)3;/h5-8,12,14-15,17,20H,9-11H2,1-4H3,(H,21,24)(H,22,23);1H. The fourth-order valence-electron chi connectivity index (χ4n) is 3.14. The van der Waals surface area contributed by atoms with Crippen LogP contribution in [0.25, 0.3) is 0 Å². The van der Waals surface area contributed by atoms with Gasteiger partial charge in [0.15, 0.2) is 0 Å². The minimum atomic E-state index is -0.526. The predicted molar refractivity (Wildman–Crippen MR) is 103 cm³/mol. The molecule has 140 valence electrons. The maximum Gasteiger partial charge on any atom is 0.252 e. The third kappa shape index (κ3) is 6.01. The number of piperidine rings is 1. The van der Waals surface area contributed by atoms with E-state index >= 15 is 0 Å². The molecule has 1 aliphatic rings. The van der Waals surface area contributed by atoms with Gasteiger partial charge in [-0.05, 0) is 50.8 Å². The number of nitrogens with one attached hydrogen (secondary N) is 3. The second-order valence-corrected chi connectivity index (χ2v) is 7.10. The van der Waals surface area contributed by atoms with Gasteiger partial charge in [-0.3, -0.25) is 9.59 Å². The zero-order valence-electron chi connectivity index (χ0n) is 15.5. The third-order valence-electron chi connectivity index (χ3n) is 4.60. The Balaban J connectivity index is 0.00000312. The van der Waals surface area contributed by atoms with Crippen molar-refractivity contribution < 1.29 is 9.59 Å². The van der Waals surface area contributed by atoms with Gasteiger partial charge in [0.25, 0.3) is 5.91 Å². The lowest BCUT2D eigenvalue weighted by molar-refractivity contribution is -0.124. The number of aryl methyl sites for hydroxylation is 1. The van der Waals surface area contributed by atoms with Crippen molar-refractivity contribution in [1.82, 2.24) is 16.0 Å². The van der Waals surface area contributed by atoms with E-state index in [0.717, 1.165) is 24.9 Å². The van der Waals surface area contributed by atoms with E-state index < -0.39 is 6.04 Å². The molecule has 3 atom stereocenters. The summed E-state index contributed by atoms with van der Waals surface area (Å²) in [6.07, 6.45) is 1.84. The zero-order chi connectivity index (χ0) is 17.7. The summed E-state index contributed by atoms with van der Waals surface area (Å²) in [6.45, 7) is 8.84. The van der Waals surface area contributed by atoms with Gasteiger partial charge in [-0.1, -0.05) is 32.0 Å². The highest BCUT2D eigenvalue weighted by atomic mass is 35.5. The zero-order valence-corrected chi connectivity index (χ0v) is 16.3. The Bertz CT molecular complexity index is 592. The SMILES string of the molecule is Cc1ccccc1C(=O)NC(C(=O)NC1CCNC(C)C1)C(C)C.Cl. The third-order valence-corrected chi connectivity index (χ3v) is 4.60. The molecule has 0 radical (unpaired) electrons. The summed E-state index contributed by atoms with van der Waals surface area (Å²) < 4.78 is 0. The van der Waals surface area contributed by atoms with Crippen LogP contribution in [0.2, 0.25) is 0 Å². The van der Waals surface area contributed by atoms with E-state index in [1.54, 1.807) is 6.07 Å². The summed E-state index contributed by atoms with van der Waals surface area (Å²) in [6, 6.07) is 7.47. The first kappa shape index (κ1) is 21.5. The molecule has 1 fully saturated rings. The number of carbonyl (C=O) groups is 2. The molecule has 2 amide bonds. The van der Waals surface area contributed by atoms with Crippen molar-refractivity contribution in [3.05, 3.63) is 35.4 Å². The van der Waals surface area contributed by atoms with Crippen molar-refractivity contribution >= 4 is 24.2 Å². The van der Waals surface area contributed by atoms with Gasteiger partial charge in [0.1, 0.15) is 6.04 Å². The van der Waals surface area contributed by atoms with Crippen molar-refractivity contribution in [2.75, 3.05) is 6.54 Å². The molecule has 0 saturated carbocycles. The number of halogens is 1. The first-order valence-electron chi connectivity index (χ1n) is 8.78. The highest BCUT2D eigenvalue weighted by Crippen LogP contribution is 2.12. The van der Waals surface area contributed by atoms with Crippen LogP contribution in [0.1, 0.15) is 49.5 Å². The Kier molecular flexibility index (Phi) is 8.39. The van der Waals surface area contributed by atoms with Gasteiger partial charge < -0.3 is 16.0 Å². The van der Waals surface area contributed by atoms with Gasteiger partial charge >= 0.3 is 0 Å². The van der Waals surface area contributed by atoms with Crippen molar-refractivity contribution in [2.45, 2.75) is 58.7 Å². The van der Waals surface area contributed by atoms with Crippen LogP contribution >= 0.6 is 12.4 Å². The molecule has 1 aliphatic heterocycles. The van der Waals surface area contributed by atoms with E-state index in [4.69, 9.17) is 0 Å². The van der Waals surface area contributed by atoms with Gasteiger partial charge in [-0.15, -0.1) is 12.4 Å². The summed E-state index contributed by atoms with van der Waals surface area (Å²) in [4.78, 5) is 25.2. The number of hydrogen-bond acceptors (Lipinski definition) is 3. The van der Waals surface area contributed by atoms with Crippen molar-refractivity contribution in [3.63, 3.8) is 0 Å². The van der Waals surface area contributed by atoms with E-state index in [2.05, 4.69) is 22.9 Å². The Morgan fingerprint density at radius 2 is 1.92 bits per heavy atom. The maximum atomic E-state index is 12.7. The first-order chi connectivity index (χ1) is 11.4. The molecule has 25 heavy (non-hydrogen) atoms. The van der Waals surface area contributed by atoms with E-state index in [9.17, 15) is 9.59 Å². The summed E-state index contributed by atoms with van der Waals surface area (Å²) >= 11 is 0. The average Bonchev–Trinajstić information content (AvgIpc) is 2.52. The minimum absolute atomic E-state index is 0. The molecular formula is C19H30ClN3O2. The Morgan fingerprint density at radius 1 is 1.24 bits per heavy atom. The average molecular weight is 368 g/mol. The molecule has 1 heterocycles. The molecule has 1 aromatic rings. The number of rotatable bonds is 5. The minimum Gasteiger partial charge on any atom is -0.351 e. The van der Waals surface area contributed by atoms with E-state index in [-0.39, 0.29) is 36.2 Å². The fourth-order valence-corrected chi connectivity index (χ4v) is 3.14. The van der Waals surface area contributed by atoms with Gasteiger partial charge in [0.2, 0.25) is 5.91 Å². The normalized spacial score (nSPS) is 21.2. The number of hydrogen-bond donors (Lipinski definition) is 3. The topological polar surface area (TPSA) is 70.2 Å². The Morgan fingerprint density at radius 3 is 2.52 bits per heavy atom. The largest absolute Gasteiger partial charge is 0.351 e. The van der Waals surface area contributed by atoms with Crippen LogP contribution in [0, 0.1) is 12.8 Å². The monoisotopic (exact) mass is 367 g/mol. The van der Waals surface area contributed by atoms with Gasteiger partial charge in [-0.25, -0.2) is 0 Å². The van der Waals surface area contributed by atoms with Gasteiger partial charge in [-0.2, -0.15) is 0 Å². The molecule has 0 bridgehead atoms. The second kappa shape index (κ2) is 9.78. The van der Waals surface area contributed by atoms with Crippen LogP contribution in [0.4, 0.5) is 0 Å². The van der Waals surface area contributed by atoms with E-state index in [1.165, 1.54) is 0 Å². The van der Waals surface area contributed by atoms with Crippen LogP contribution < -0.4 is 16.0 Å². The van der Waals surface area contributed by atoms with Crippen molar-refractivity contribution in [3.8, 4) is 0 Å². The Labute approximate surface area is 156 Å². The lowest BCUT2D eigenvalue weighted by Gasteiger charge is -2.31. The van der Waals surface area contributed by atoms with E-state index in [1.807, 2.05) is 39.0 Å². The Hall–Kier alpha value is -1.59. The van der Waals surface area contributed by atoms with Gasteiger partial charge in [0.05, 0.1) is 0 Å². The van der Waals surface area contributed by atoms with Crippen molar-refractivity contribution in [2.24, 2.45) is 5.92 Å². The van der Waals surface area contributed by atoms with Crippen LogP contribution in [-0.2, 0) is 4.79 Å². The molecule has 0 spiro atoms. The van der Waals surface area contributed by atoms with Crippen LogP contribution in [0.5, 0.6) is 0 Å². The quantitative estimate of drug-likeness (QED) is 0.748. The molecule has 3 N–H and O–H groups in total. The summed E-state index contributed by atoms with van der Waals surface area (Å²) in [5.74, 6) is -0.260. The summed E-state index contributed by atoms with van der Waals surface area (Å²) in [7, 11) is 0.